The van der Waals surface area contributed by atoms with Gasteiger partial charge in [0.1, 0.15) is 17.7 Å². The van der Waals surface area contributed by atoms with Gasteiger partial charge in [-0.15, -0.1) is 0 Å². The molecule has 0 radical (unpaired) electrons. The number of aromatic nitrogens is 3. The SMILES string of the molecule is CCOc1cc(C)c(-c2nc3ccccc3c(=O)n2N=Cc2cc(Br)ccc2Oc2ccc([N+](=O)[O-])cn2)cc1C(C)C. The summed E-state index contributed by atoms with van der Waals surface area (Å²) in [5.41, 5.74) is 3.26. The Morgan fingerprint density at radius 2 is 1.88 bits per heavy atom. The first-order chi connectivity index (χ1) is 20.7. The molecule has 2 heterocycles. The lowest BCUT2D eigenvalue weighted by molar-refractivity contribution is -0.385. The highest BCUT2D eigenvalue weighted by Crippen LogP contribution is 2.34. The number of fused-ring (bicyclic) bond motifs is 1. The normalized spacial score (nSPS) is 11.4. The Labute approximate surface area is 255 Å². The molecule has 10 nitrogen and oxygen atoms in total. The molecule has 0 aliphatic carbocycles. The summed E-state index contributed by atoms with van der Waals surface area (Å²) in [5, 5.41) is 16.1. The molecular weight excluding hydrogens is 614 g/mol. The second-order valence-corrected chi connectivity index (χ2v) is 10.9. The summed E-state index contributed by atoms with van der Waals surface area (Å²) in [6.45, 7) is 8.61. The van der Waals surface area contributed by atoms with Crippen LogP contribution in [0.4, 0.5) is 5.69 Å². The Morgan fingerprint density at radius 3 is 2.58 bits per heavy atom. The third-order valence-corrected chi connectivity index (χ3v) is 7.20. The van der Waals surface area contributed by atoms with Gasteiger partial charge in [0.05, 0.1) is 28.6 Å². The number of hydrogen-bond acceptors (Lipinski definition) is 8. The van der Waals surface area contributed by atoms with E-state index in [1.165, 1.54) is 23.0 Å². The molecule has 0 bridgehead atoms. The predicted molar refractivity (Wildman–Crippen MR) is 170 cm³/mol. The molecule has 5 aromatic rings. The van der Waals surface area contributed by atoms with Gasteiger partial charge in [0.25, 0.3) is 11.2 Å². The lowest BCUT2D eigenvalue weighted by Crippen LogP contribution is -2.21. The van der Waals surface area contributed by atoms with E-state index in [-0.39, 0.29) is 23.0 Å². The van der Waals surface area contributed by atoms with Crippen LogP contribution in [0.1, 0.15) is 43.4 Å². The average Bonchev–Trinajstić information content (AvgIpc) is 2.98. The molecule has 0 fully saturated rings. The highest BCUT2D eigenvalue weighted by molar-refractivity contribution is 9.10. The van der Waals surface area contributed by atoms with E-state index in [0.717, 1.165) is 33.1 Å². The maximum atomic E-state index is 13.9. The van der Waals surface area contributed by atoms with Crippen LogP contribution in [0.3, 0.4) is 0 Å². The van der Waals surface area contributed by atoms with Gasteiger partial charge in [-0.25, -0.2) is 9.97 Å². The highest BCUT2D eigenvalue weighted by Gasteiger charge is 2.19. The fourth-order valence-corrected chi connectivity index (χ4v) is 4.94. The van der Waals surface area contributed by atoms with Crippen molar-refractivity contribution in [3.05, 3.63) is 115 Å². The topological polar surface area (TPSA) is 122 Å². The van der Waals surface area contributed by atoms with Gasteiger partial charge in [0, 0.05) is 27.7 Å². The minimum Gasteiger partial charge on any atom is -0.494 e. The van der Waals surface area contributed by atoms with Gasteiger partial charge in [0.2, 0.25) is 5.88 Å². The molecule has 0 unspecified atom stereocenters. The molecule has 0 aliphatic rings. The maximum absolute atomic E-state index is 13.9. The zero-order valence-corrected chi connectivity index (χ0v) is 25.5. The summed E-state index contributed by atoms with van der Waals surface area (Å²) in [4.78, 5) is 33.2. The van der Waals surface area contributed by atoms with E-state index in [1.54, 1.807) is 36.4 Å². The summed E-state index contributed by atoms with van der Waals surface area (Å²) < 4.78 is 13.9. The molecule has 2 aromatic heterocycles. The minimum atomic E-state index is -0.530. The van der Waals surface area contributed by atoms with Gasteiger partial charge in [-0.3, -0.25) is 14.9 Å². The first-order valence-electron chi connectivity index (χ1n) is 13.6. The van der Waals surface area contributed by atoms with Gasteiger partial charge in [-0.05, 0) is 73.4 Å². The molecule has 5 rings (SSSR count). The first kappa shape index (κ1) is 29.6. The van der Waals surface area contributed by atoms with Crippen LogP contribution in [0.15, 0.2) is 87.3 Å². The van der Waals surface area contributed by atoms with E-state index in [1.807, 2.05) is 32.0 Å². The van der Waals surface area contributed by atoms with Crippen LogP contribution in [0, 0.1) is 17.0 Å². The molecule has 3 aromatic carbocycles. The van der Waals surface area contributed by atoms with E-state index in [4.69, 9.17) is 14.5 Å². The van der Waals surface area contributed by atoms with Crippen molar-refractivity contribution in [1.82, 2.24) is 14.6 Å². The number of aryl methyl sites for hydroxylation is 1. The number of nitro groups is 1. The first-order valence-corrected chi connectivity index (χ1v) is 14.4. The highest BCUT2D eigenvalue weighted by atomic mass is 79.9. The standard InChI is InChI=1S/C32H28BrN5O5/c1-5-42-29-14-20(4)26(16-25(29)19(2)3)31-36-27-9-7-6-8-24(27)32(39)37(31)35-17-21-15-22(33)10-12-28(21)43-30-13-11-23(18-34-30)38(40)41/h6-19H,5H2,1-4H3. The number of benzene rings is 3. The zero-order chi connectivity index (χ0) is 30.7. The molecule has 0 amide bonds. The number of ether oxygens (including phenoxy) is 2. The second kappa shape index (κ2) is 12.5. The summed E-state index contributed by atoms with van der Waals surface area (Å²) in [6, 6.07) is 19.1. The van der Waals surface area contributed by atoms with E-state index >= 15 is 0 Å². The number of halogens is 1. The quantitative estimate of drug-likeness (QED) is 0.0920. The van der Waals surface area contributed by atoms with Crippen LogP contribution in [-0.4, -0.2) is 32.4 Å². The number of hydrogen-bond donors (Lipinski definition) is 0. The predicted octanol–water partition coefficient (Wildman–Crippen LogP) is 7.63. The zero-order valence-electron chi connectivity index (χ0n) is 23.9. The molecule has 0 saturated heterocycles. The lowest BCUT2D eigenvalue weighted by atomic mass is 9.96. The Balaban J connectivity index is 1.65. The number of nitrogens with zero attached hydrogens (tertiary/aromatic N) is 5. The van der Waals surface area contributed by atoms with Crippen LogP contribution >= 0.6 is 15.9 Å². The summed E-state index contributed by atoms with van der Waals surface area (Å²) in [7, 11) is 0. The monoisotopic (exact) mass is 641 g/mol. The number of para-hydroxylation sites is 1. The molecule has 0 atom stereocenters. The third kappa shape index (κ3) is 6.31. The van der Waals surface area contributed by atoms with Crippen molar-refractivity contribution in [2.24, 2.45) is 5.10 Å². The van der Waals surface area contributed by atoms with Gasteiger partial charge in [-0.2, -0.15) is 9.78 Å². The van der Waals surface area contributed by atoms with Crippen molar-refractivity contribution in [3.63, 3.8) is 0 Å². The smallest absolute Gasteiger partial charge is 0.287 e. The van der Waals surface area contributed by atoms with Crippen molar-refractivity contribution in [2.75, 3.05) is 6.61 Å². The van der Waals surface area contributed by atoms with Crippen molar-refractivity contribution in [3.8, 4) is 28.8 Å². The largest absolute Gasteiger partial charge is 0.494 e. The molecule has 0 aliphatic heterocycles. The molecule has 43 heavy (non-hydrogen) atoms. The van der Waals surface area contributed by atoms with Crippen molar-refractivity contribution in [2.45, 2.75) is 33.6 Å². The van der Waals surface area contributed by atoms with Gasteiger partial charge in [0.15, 0.2) is 5.82 Å². The Bertz CT molecular complexity index is 1920. The van der Waals surface area contributed by atoms with E-state index in [2.05, 4.69) is 39.9 Å². The van der Waals surface area contributed by atoms with Crippen molar-refractivity contribution < 1.29 is 14.4 Å². The Kier molecular flexibility index (Phi) is 8.63. The average molecular weight is 643 g/mol. The summed E-state index contributed by atoms with van der Waals surface area (Å²) >= 11 is 3.48. The molecular formula is C32H28BrN5O5. The minimum absolute atomic E-state index is 0.147. The van der Waals surface area contributed by atoms with E-state index < -0.39 is 4.92 Å². The van der Waals surface area contributed by atoms with Crippen LogP contribution in [-0.2, 0) is 0 Å². The van der Waals surface area contributed by atoms with Gasteiger partial charge >= 0.3 is 0 Å². The van der Waals surface area contributed by atoms with E-state index in [0.29, 0.717) is 34.6 Å². The lowest BCUT2D eigenvalue weighted by Gasteiger charge is -2.18. The number of pyridine rings is 1. The van der Waals surface area contributed by atoms with Gasteiger partial charge < -0.3 is 9.47 Å². The molecule has 0 saturated carbocycles. The van der Waals surface area contributed by atoms with Crippen LogP contribution < -0.4 is 15.0 Å². The molecule has 218 valence electrons. The summed E-state index contributed by atoms with van der Waals surface area (Å²) in [6.07, 6.45) is 2.64. The molecule has 0 N–H and O–H groups in total. The van der Waals surface area contributed by atoms with Crippen molar-refractivity contribution >= 4 is 38.7 Å². The maximum Gasteiger partial charge on any atom is 0.287 e. The fourth-order valence-electron chi connectivity index (χ4n) is 4.56. The fraction of sp³-hybridized carbons (Fsp3) is 0.188. The number of rotatable bonds is 9. The second-order valence-electron chi connectivity index (χ2n) is 10.0. The Hall–Kier alpha value is -4.90. The summed E-state index contributed by atoms with van der Waals surface area (Å²) in [5.74, 6) is 1.90. The molecule has 0 spiro atoms. The molecule has 11 heteroatoms. The van der Waals surface area contributed by atoms with Crippen LogP contribution in [0.25, 0.3) is 22.3 Å². The van der Waals surface area contributed by atoms with Gasteiger partial charge in [-0.1, -0.05) is 41.9 Å². The van der Waals surface area contributed by atoms with Crippen LogP contribution in [0.5, 0.6) is 17.4 Å². The van der Waals surface area contributed by atoms with Crippen LogP contribution in [0.2, 0.25) is 0 Å². The van der Waals surface area contributed by atoms with Crippen molar-refractivity contribution in [1.29, 1.82) is 0 Å². The van der Waals surface area contributed by atoms with E-state index in [9.17, 15) is 14.9 Å². The Morgan fingerprint density at radius 1 is 1.09 bits per heavy atom. The third-order valence-electron chi connectivity index (χ3n) is 6.70.